The summed E-state index contributed by atoms with van der Waals surface area (Å²) in [6, 6.07) is 18.2. The van der Waals surface area contributed by atoms with E-state index >= 15 is 0 Å². The molecule has 0 aliphatic rings. The van der Waals surface area contributed by atoms with Gasteiger partial charge in [0.15, 0.2) is 0 Å². The molecule has 0 amide bonds. The van der Waals surface area contributed by atoms with Crippen LogP contribution in [0.4, 0.5) is 0 Å². The van der Waals surface area contributed by atoms with Crippen LogP contribution in [0.25, 0.3) is 33.8 Å². The number of pyridine rings is 1. The van der Waals surface area contributed by atoms with Crippen LogP contribution in [-0.2, 0) is 0 Å². The molecule has 2 aromatic carbocycles. The van der Waals surface area contributed by atoms with Gasteiger partial charge in [0, 0.05) is 22.9 Å². The Kier molecular flexibility index (Phi) is 4.42. The van der Waals surface area contributed by atoms with Crippen molar-refractivity contribution in [3.05, 3.63) is 71.9 Å². The number of aromatic amines is 1. The second-order valence-corrected chi connectivity index (χ2v) is 6.45. The second kappa shape index (κ2) is 7.03. The van der Waals surface area contributed by atoms with Crippen molar-refractivity contribution >= 4 is 0 Å². The number of hydrogen-bond acceptors (Lipinski definition) is 4. The van der Waals surface area contributed by atoms with Gasteiger partial charge in [-0.2, -0.15) is 0 Å². The van der Waals surface area contributed by atoms with Crippen LogP contribution < -0.4 is 4.74 Å². The lowest BCUT2D eigenvalue weighted by Gasteiger charge is -2.11. The fourth-order valence-electron chi connectivity index (χ4n) is 3.15. The molecule has 0 atom stereocenters. The van der Waals surface area contributed by atoms with Crippen LogP contribution in [0.15, 0.2) is 60.8 Å². The Bertz CT molecular complexity index is 1070. The van der Waals surface area contributed by atoms with Gasteiger partial charge in [0.2, 0.25) is 0 Å². The highest BCUT2D eigenvalue weighted by atomic mass is 16.5. The molecule has 0 fully saturated rings. The molecule has 0 aliphatic heterocycles. The molecule has 2 aromatic heterocycles. The van der Waals surface area contributed by atoms with Gasteiger partial charge in [0.25, 0.3) is 0 Å². The summed E-state index contributed by atoms with van der Waals surface area (Å²) in [5, 5.41) is 11.4. The fourth-order valence-corrected chi connectivity index (χ4v) is 3.15. The minimum Gasteiger partial charge on any atom is -0.496 e. The Labute approximate surface area is 158 Å². The van der Waals surface area contributed by atoms with Crippen molar-refractivity contribution in [2.45, 2.75) is 13.8 Å². The van der Waals surface area contributed by atoms with E-state index in [1.54, 1.807) is 13.3 Å². The maximum absolute atomic E-state index is 5.51. The van der Waals surface area contributed by atoms with Gasteiger partial charge >= 0.3 is 0 Å². The Morgan fingerprint density at radius 2 is 1.67 bits per heavy atom. The topological polar surface area (TPSA) is 63.7 Å². The predicted octanol–water partition coefficient (Wildman–Crippen LogP) is 4.83. The van der Waals surface area contributed by atoms with Gasteiger partial charge < -0.3 is 4.74 Å². The lowest BCUT2D eigenvalue weighted by Crippen LogP contribution is -1.93. The average Bonchev–Trinajstić information content (AvgIpc) is 3.20. The molecule has 27 heavy (non-hydrogen) atoms. The quantitative estimate of drug-likeness (QED) is 0.569. The van der Waals surface area contributed by atoms with Crippen molar-refractivity contribution in [3.8, 4) is 39.5 Å². The molecule has 134 valence electrons. The number of benzene rings is 2. The number of nitrogens with one attached hydrogen (secondary N) is 1. The van der Waals surface area contributed by atoms with E-state index < -0.39 is 0 Å². The van der Waals surface area contributed by atoms with Crippen LogP contribution in [0.5, 0.6) is 5.75 Å². The van der Waals surface area contributed by atoms with Gasteiger partial charge in [-0.05, 0) is 49.2 Å². The SMILES string of the molecule is COc1cc(-c2nn[nH]c2-c2ccc(-c3ccccn3)cc2)cc(C)c1C. The Morgan fingerprint density at radius 1 is 0.889 bits per heavy atom. The zero-order valence-corrected chi connectivity index (χ0v) is 15.5. The van der Waals surface area contributed by atoms with Crippen LogP contribution in [0, 0.1) is 13.8 Å². The lowest BCUT2D eigenvalue weighted by molar-refractivity contribution is 0.411. The van der Waals surface area contributed by atoms with Gasteiger partial charge in [0.1, 0.15) is 11.4 Å². The summed E-state index contributed by atoms with van der Waals surface area (Å²) in [5.74, 6) is 0.851. The maximum atomic E-state index is 5.51. The molecule has 0 saturated carbocycles. The first-order valence-electron chi connectivity index (χ1n) is 8.76. The Hall–Kier alpha value is -3.47. The van der Waals surface area contributed by atoms with E-state index in [1.165, 1.54) is 0 Å². The number of rotatable bonds is 4. The molecule has 4 aromatic rings. The van der Waals surface area contributed by atoms with E-state index in [4.69, 9.17) is 4.74 Å². The third-order valence-corrected chi connectivity index (χ3v) is 4.80. The molecule has 5 nitrogen and oxygen atoms in total. The van der Waals surface area contributed by atoms with Crippen LogP contribution in [0.1, 0.15) is 11.1 Å². The van der Waals surface area contributed by atoms with Gasteiger partial charge in [-0.3, -0.25) is 10.1 Å². The predicted molar refractivity (Wildman–Crippen MR) is 107 cm³/mol. The summed E-state index contributed by atoms with van der Waals surface area (Å²) in [6.45, 7) is 4.13. The van der Waals surface area contributed by atoms with E-state index in [0.717, 1.165) is 50.6 Å². The molecule has 0 radical (unpaired) electrons. The number of nitrogens with zero attached hydrogens (tertiary/aromatic N) is 3. The monoisotopic (exact) mass is 356 g/mol. The number of aryl methyl sites for hydroxylation is 1. The third kappa shape index (κ3) is 3.19. The fraction of sp³-hybridized carbons (Fsp3) is 0.136. The summed E-state index contributed by atoms with van der Waals surface area (Å²) >= 11 is 0. The van der Waals surface area contributed by atoms with E-state index in [9.17, 15) is 0 Å². The van der Waals surface area contributed by atoms with Crippen molar-refractivity contribution in [2.24, 2.45) is 0 Å². The van der Waals surface area contributed by atoms with Crippen molar-refractivity contribution in [1.29, 1.82) is 0 Å². The van der Waals surface area contributed by atoms with Gasteiger partial charge in [-0.15, -0.1) is 5.10 Å². The van der Waals surface area contributed by atoms with Gasteiger partial charge in [-0.1, -0.05) is 35.5 Å². The van der Waals surface area contributed by atoms with Crippen molar-refractivity contribution in [3.63, 3.8) is 0 Å². The molecule has 0 spiro atoms. The minimum atomic E-state index is 0.807. The molecular formula is C22H20N4O. The summed E-state index contributed by atoms with van der Waals surface area (Å²) < 4.78 is 5.51. The standard InChI is InChI=1S/C22H20N4O/c1-14-12-18(13-20(27-3)15(14)2)22-21(24-26-25-22)17-9-7-16(8-10-17)19-6-4-5-11-23-19/h4-13H,1-3H3,(H,24,25,26). The molecule has 0 aliphatic carbocycles. The van der Waals surface area contributed by atoms with Gasteiger partial charge in [-0.25, -0.2) is 0 Å². The number of aromatic nitrogens is 4. The molecular weight excluding hydrogens is 336 g/mol. The van der Waals surface area contributed by atoms with Crippen LogP contribution in [0.3, 0.4) is 0 Å². The lowest BCUT2D eigenvalue weighted by atomic mass is 9.99. The van der Waals surface area contributed by atoms with Crippen LogP contribution >= 0.6 is 0 Å². The number of hydrogen-bond donors (Lipinski definition) is 1. The number of H-pyrrole nitrogens is 1. The Balaban J connectivity index is 1.74. The summed E-state index contributed by atoms with van der Waals surface area (Å²) in [6.07, 6.45) is 1.80. The van der Waals surface area contributed by atoms with E-state index in [0.29, 0.717) is 0 Å². The van der Waals surface area contributed by atoms with Crippen molar-refractivity contribution < 1.29 is 4.74 Å². The highest BCUT2D eigenvalue weighted by molar-refractivity contribution is 5.79. The molecule has 0 bridgehead atoms. The largest absolute Gasteiger partial charge is 0.496 e. The smallest absolute Gasteiger partial charge is 0.122 e. The first kappa shape index (κ1) is 17.0. The first-order chi connectivity index (χ1) is 13.2. The van der Waals surface area contributed by atoms with E-state index in [2.05, 4.69) is 64.6 Å². The van der Waals surface area contributed by atoms with Crippen LogP contribution in [0.2, 0.25) is 0 Å². The second-order valence-electron chi connectivity index (χ2n) is 6.45. The highest BCUT2D eigenvalue weighted by Gasteiger charge is 2.15. The van der Waals surface area contributed by atoms with E-state index in [1.807, 2.05) is 24.3 Å². The number of ether oxygens (including phenoxy) is 1. The summed E-state index contributed by atoms with van der Waals surface area (Å²) in [5.41, 5.74) is 8.00. The molecule has 4 rings (SSSR count). The zero-order valence-electron chi connectivity index (χ0n) is 15.5. The summed E-state index contributed by atoms with van der Waals surface area (Å²) in [4.78, 5) is 4.40. The molecule has 0 saturated heterocycles. The maximum Gasteiger partial charge on any atom is 0.122 e. The van der Waals surface area contributed by atoms with E-state index in [-0.39, 0.29) is 0 Å². The zero-order chi connectivity index (χ0) is 18.8. The van der Waals surface area contributed by atoms with Crippen molar-refractivity contribution in [2.75, 3.05) is 7.11 Å². The van der Waals surface area contributed by atoms with Gasteiger partial charge in [0.05, 0.1) is 18.5 Å². The molecule has 0 unspecified atom stereocenters. The summed E-state index contributed by atoms with van der Waals surface area (Å²) in [7, 11) is 1.69. The number of methoxy groups -OCH3 is 1. The minimum absolute atomic E-state index is 0.807. The molecule has 2 heterocycles. The van der Waals surface area contributed by atoms with Crippen LogP contribution in [-0.4, -0.2) is 27.5 Å². The third-order valence-electron chi connectivity index (χ3n) is 4.80. The molecule has 1 N–H and O–H groups in total. The highest BCUT2D eigenvalue weighted by Crippen LogP contribution is 2.34. The first-order valence-corrected chi connectivity index (χ1v) is 8.76. The normalized spacial score (nSPS) is 10.8. The molecule has 5 heteroatoms. The van der Waals surface area contributed by atoms with Crippen molar-refractivity contribution in [1.82, 2.24) is 20.4 Å². The Morgan fingerprint density at radius 3 is 2.37 bits per heavy atom. The average molecular weight is 356 g/mol.